The summed E-state index contributed by atoms with van der Waals surface area (Å²) >= 11 is 5.96. The Morgan fingerprint density at radius 2 is 2.00 bits per heavy atom. The molecule has 8 heteroatoms. The first kappa shape index (κ1) is 16.1. The van der Waals surface area contributed by atoms with Crippen molar-refractivity contribution in [2.75, 3.05) is 6.61 Å². The first-order valence-electron chi connectivity index (χ1n) is 7.03. The van der Waals surface area contributed by atoms with Gasteiger partial charge in [-0.05, 0) is 41.1 Å². The normalized spacial score (nSPS) is 12.1. The third-order valence-corrected chi connectivity index (χ3v) is 3.56. The fourth-order valence-electron chi connectivity index (χ4n) is 2.16. The lowest BCUT2D eigenvalue weighted by molar-refractivity contribution is 0.211. The van der Waals surface area contributed by atoms with Crippen LogP contribution in [-0.2, 0) is 0 Å². The van der Waals surface area contributed by atoms with E-state index in [4.69, 9.17) is 37.1 Å². The Morgan fingerprint density at radius 3 is 2.71 bits per heavy atom. The Labute approximate surface area is 142 Å². The molecule has 1 amide bonds. The molecule has 4 N–H and O–H groups in total. The molecule has 2 aromatic carbocycles. The smallest absolute Gasteiger partial charge is 0.409 e. The van der Waals surface area contributed by atoms with E-state index in [-0.39, 0.29) is 6.61 Å². The molecular weight excluding hydrogens is 334 g/mol. The van der Waals surface area contributed by atoms with Gasteiger partial charge in [0.2, 0.25) is 0 Å². The molecule has 0 saturated carbocycles. The second-order valence-electron chi connectivity index (χ2n) is 5.04. The number of carbonyl (C=O) groups excluding carboxylic acids is 1. The standard InChI is InChI=1S/C16H14ClN3O4/c17-10-3-6-14-12(7-10)15(20-24-14)22-8-13(18)9-1-4-11(5-2-9)23-16(19)21/h1-7,13H,8,18H2,(H2,19,21). The van der Waals surface area contributed by atoms with Gasteiger partial charge >= 0.3 is 6.09 Å². The number of carbonyl (C=O) groups is 1. The molecule has 3 rings (SSSR count). The van der Waals surface area contributed by atoms with E-state index >= 15 is 0 Å². The van der Waals surface area contributed by atoms with Crippen LogP contribution in [0, 0.1) is 0 Å². The third-order valence-electron chi connectivity index (χ3n) is 3.33. The second-order valence-corrected chi connectivity index (χ2v) is 5.47. The monoisotopic (exact) mass is 347 g/mol. The summed E-state index contributed by atoms with van der Waals surface area (Å²) in [6.45, 7) is 0.185. The molecule has 1 unspecified atom stereocenters. The summed E-state index contributed by atoms with van der Waals surface area (Å²) in [6, 6.07) is 11.4. The van der Waals surface area contributed by atoms with E-state index in [0.29, 0.717) is 27.6 Å². The number of hydrogen-bond donors (Lipinski definition) is 2. The van der Waals surface area contributed by atoms with Crippen molar-refractivity contribution in [2.24, 2.45) is 11.5 Å². The number of rotatable bonds is 5. The van der Waals surface area contributed by atoms with Crippen LogP contribution in [0.3, 0.4) is 0 Å². The van der Waals surface area contributed by atoms with E-state index in [0.717, 1.165) is 5.56 Å². The number of fused-ring (bicyclic) bond motifs is 1. The molecule has 1 heterocycles. The van der Waals surface area contributed by atoms with Gasteiger partial charge in [-0.3, -0.25) is 0 Å². The number of nitrogens with two attached hydrogens (primary N) is 2. The molecule has 0 spiro atoms. The van der Waals surface area contributed by atoms with Gasteiger partial charge in [0.25, 0.3) is 5.88 Å². The molecule has 0 aliphatic rings. The van der Waals surface area contributed by atoms with Crippen LogP contribution in [0.5, 0.6) is 11.6 Å². The Morgan fingerprint density at radius 1 is 1.25 bits per heavy atom. The second kappa shape index (κ2) is 6.77. The SMILES string of the molecule is NC(=O)Oc1ccc(C(N)COc2noc3ccc(Cl)cc23)cc1. The fraction of sp³-hybridized carbons (Fsp3) is 0.125. The highest BCUT2D eigenvalue weighted by atomic mass is 35.5. The van der Waals surface area contributed by atoms with Crippen LogP contribution in [0.2, 0.25) is 5.02 Å². The summed E-state index contributed by atoms with van der Waals surface area (Å²) in [4.78, 5) is 10.7. The Kier molecular flexibility index (Phi) is 4.54. The molecule has 3 aromatic rings. The fourth-order valence-corrected chi connectivity index (χ4v) is 2.33. The van der Waals surface area contributed by atoms with Crippen molar-refractivity contribution < 1.29 is 18.8 Å². The molecule has 0 saturated heterocycles. The maximum atomic E-state index is 10.7. The summed E-state index contributed by atoms with van der Waals surface area (Å²) in [5.41, 5.74) is 12.4. The van der Waals surface area contributed by atoms with Crippen molar-refractivity contribution in [3.8, 4) is 11.6 Å². The minimum absolute atomic E-state index is 0.185. The van der Waals surface area contributed by atoms with Crippen LogP contribution < -0.4 is 20.9 Å². The molecule has 1 aromatic heterocycles. The zero-order valence-corrected chi connectivity index (χ0v) is 13.2. The molecular formula is C16H14ClN3O4. The van der Waals surface area contributed by atoms with Crippen LogP contribution in [0.25, 0.3) is 11.0 Å². The van der Waals surface area contributed by atoms with Crippen molar-refractivity contribution in [2.45, 2.75) is 6.04 Å². The molecule has 1 atom stereocenters. The van der Waals surface area contributed by atoms with Gasteiger partial charge in [-0.15, -0.1) is 0 Å². The maximum absolute atomic E-state index is 10.7. The highest BCUT2D eigenvalue weighted by molar-refractivity contribution is 6.31. The van der Waals surface area contributed by atoms with Crippen molar-refractivity contribution in [1.29, 1.82) is 0 Å². The summed E-state index contributed by atoms with van der Waals surface area (Å²) in [5.74, 6) is 0.674. The van der Waals surface area contributed by atoms with Gasteiger partial charge < -0.3 is 25.5 Å². The van der Waals surface area contributed by atoms with Gasteiger partial charge in [0.05, 0.1) is 11.4 Å². The lowest BCUT2D eigenvalue weighted by Crippen LogP contribution is -2.19. The number of nitrogens with zero attached hydrogens (tertiary/aromatic N) is 1. The third kappa shape index (κ3) is 3.58. The number of aromatic nitrogens is 1. The lowest BCUT2D eigenvalue weighted by atomic mass is 10.1. The molecule has 0 aliphatic carbocycles. The first-order valence-corrected chi connectivity index (χ1v) is 7.41. The van der Waals surface area contributed by atoms with Gasteiger partial charge in [0, 0.05) is 5.02 Å². The highest BCUT2D eigenvalue weighted by Crippen LogP contribution is 2.28. The summed E-state index contributed by atoms with van der Waals surface area (Å²) in [6.07, 6.45) is -0.869. The van der Waals surface area contributed by atoms with Crippen LogP contribution >= 0.6 is 11.6 Å². The molecule has 0 fully saturated rings. The molecule has 0 aliphatic heterocycles. The number of ether oxygens (including phenoxy) is 2. The lowest BCUT2D eigenvalue weighted by Gasteiger charge is -2.12. The molecule has 0 radical (unpaired) electrons. The number of benzene rings is 2. The molecule has 24 heavy (non-hydrogen) atoms. The molecule has 0 bridgehead atoms. The van der Waals surface area contributed by atoms with Gasteiger partial charge in [-0.25, -0.2) is 4.79 Å². The minimum atomic E-state index is -0.869. The Balaban J connectivity index is 1.67. The van der Waals surface area contributed by atoms with E-state index in [2.05, 4.69) is 5.16 Å². The predicted molar refractivity (Wildman–Crippen MR) is 88.1 cm³/mol. The first-order chi connectivity index (χ1) is 11.5. The number of hydrogen-bond acceptors (Lipinski definition) is 6. The van der Waals surface area contributed by atoms with Gasteiger partial charge in [-0.2, -0.15) is 0 Å². The summed E-state index contributed by atoms with van der Waals surface area (Å²) in [7, 11) is 0. The van der Waals surface area contributed by atoms with E-state index < -0.39 is 12.1 Å². The minimum Gasteiger partial charge on any atom is -0.473 e. The number of amides is 1. The summed E-state index contributed by atoms with van der Waals surface area (Å²) in [5, 5.41) is 5.11. The van der Waals surface area contributed by atoms with Crippen molar-refractivity contribution >= 4 is 28.7 Å². The largest absolute Gasteiger partial charge is 0.473 e. The summed E-state index contributed by atoms with van der Waals surface area (Å²) < 4.78 is 15.6. The Bertz CT molecular complexity index is 863. The van der Waals surface area contributed by atoms with Crippen LogP contribution in [0.1, 0.15) is 11.6 Å². The van der Waals surface area contributed by atoms with Gasteiger partial charge in [0.15, 0.2) is 5.58 Å². The zero-order valence-electron chi connectivity index (χ0n) is 12.4. The number of primary amides is 1. The zero-order chi connectivity index (χ0) is 17.1. The average molecular weight is 348 g/mol. The number of halogens is 1. The Hall–Kier alpha value is -2.77. The van der Waals surface area contributed by atoms with Crippen molar-refractivity contribution in [3.05, 3.63) is 53.1 Å². The van der Waals surface area contributed by atoms with Gasteiger partial charge in [0.1, 0.15) is 12.4 Å². The quantitative estimate of drug-likeness (QED) is 0.733. The van der Waals surface area contributed by atoms with Crippen molar-refractivity contribution in [1.82, 2.24) is 5.16 Å². The van der Waals surface area contributed by atoms with Gasteiger partial charge in [-0.1, -0.05) is 23.7 Å². The van der Waals surface area contributed by atoms with E-state index in [1.54, 1.807) is 42.5 Å². The van der Waals surface area contributed by atoms with Crippen LogP contribution in [0.15, 0.2) is 47.0 Å². The topological polar surface area (TPSA) is 114 Å². The van der Waals surface area contributed by atoms with Crippen LogP contribution in [-0.4, -0.2) is 17.9 Å². The van der Waals surface area contributed by atoms with Crippen LogP contribution in [0.4, 0.5) is 4.79 Å². The molecule has 124 valence electrons. The average Bonchev–Trinajstić information content (AvgIpc) is 2.95. The van der Waals surface area contributed by atoms with E-state index in [1.807, 2.05) is 0 Å². The maximum Gasteiger partial charge on any atom is 0.409 e. The predicted octanol–water partition coefficient (Wildman–Crippen LogP) is 3.02. The van der Waals surface area contributed by atoms with E-state index in [1.165, 1.54) is 0 Å². The molecule has 7 nitrogen and oxygen atoms in total. The van der Waals surface area contributed by atoms with E-state index in [9.17, 15) is 4.79 Å². The van der Waals surface area contributed by atoms with Crippen molar-refractivity contribution in [3.63, 3.8) is 0 Å². The highest BCUT2D eigenvalue weighted by Gasteiger charge is 2.13.